The van der Waals surface area contributed by atoms with Crippen molar-refractivity contribution in [2.45, 2.75) is 31.2 Å². The predicted octanol–water partition coefficient (Wildman–Crippen LogP) is 1.69. The number of nitrogens with zero attached hydrogens (tertiary/aromatic N) is 3. The van der Waals surface area contributed by atoms with Gasteiger partial charge in [-0.15, -0.1) is 0 Å². The van der Waals surface area contributed by atoms with Crippen molar-refractivity contribution in [3.05, 3.63) is 36.3 Å². The van der Waals surface area contributed by atoms with Crippen LogP contribution in [0.5, 0.6) is 0 Å². The van der Waals surface area contributed by atoms with Crippen molar-refractivity contribution in [1.82, 2.24) is 19.6 Å². The molecule has 2 aliphatic heterocycles. The lowest BCUT2D eigenvalue weighted by Crippen LogP contribution is -2.48. The van der Waals surface area contributed by atoms with Gasteiger partial charge in [-0.1, -0.05) is 6.07 Å². The highest BCUT2D eigenvalue weighted by Gasteiger charge is 2.44. The molecule has 0 saturated carbocycles. The second kappa shape index (κ2) is 4.84. The molecule has 2 fully saturated rings. The van der Waals surface area contributed by atoms with E-state index in [-0.39, 0.29) is 11.4 Å². The van der Waals surface area contributed by atoms with E-state index in [2.05, 4.69) is 15.2 Å². The number of carbonyl (C=O) groups is 1. The molecule has 4 rings (SSSR count). The number of carbonyl (C=O) groups excluding carboxylic acids is 1. The van der Waals surface area contributed by atoms with Crippen LogP contribution in [-0.2, 0) is 0 Å². The molecule has 5 heteroatoms. The summed E-state index contributed by atoms with van der Waals surface area (Å²) in [6.07, 6.45) is 8.63. The summed E-state index contributed by atoms with van der Waals surface area (Å²) in [5, 5.41) is 3.11. The van der Waals surface area contributed by atoms with Crippen molar-refractivity contribution in [2.24, 2.45) is 0 Å². The van der Waals surface area contributed by atoms with Crippen LogP contribution in [0.3, 0.4) is 0 Å². The van der Waals surface area contributed by atoms with Crippen molar-refractivity contribution in [1.29, 1.82) is 0 Å². The van der Waals surface area contributed by atoms with Gasteiger partial charge in [0.25, 0.3) is 5.91 Å². The van der Waals surface area contributed by atoms with Crippen molar-refractivity contribution in [3.63, 3.8) is 0 Å². The largest absolute Gasteiger partial charge is 0.349 e. The zero-order valence-corrected chi connectivity index (χ0v) is 12.1. The zero-order chi connectivity index (χ0) is 14.3. The van der Waals surface area contributed by atoms with Crippen LogP contribution >= 0.6 is 0 Å². The molecule has 0 aromatic carbocycles. The van der Waals surface area contributed by atoms with Gasteiger partial charge in [-0.2, -0.15) is 0 Å². The van der Waals surface area contributed by atoms with E-state index in [1.165, 1.54) is 38.8 Å². The molecule has 0 atom stereocenters. The maximum Gasteiger partial charge on any atom is 0.271 e. The SMILES string of the molecule is O=C(NCC12CCCN1CCC2)c1cn2ccccc2n1. The molecule has 1 amide bonds. The van der Waals surface area contributed by atoms with Gasteiger partial charge in [0.05, 0.1) is 0 Å². The fourth-order valence-corrected chi connectivity index (χ4v) is 3.89. The number of hydrogen-bond acceptors (Lipinski definition) is 3. The van der Waals surface area contributed by atoms with Crippen molar-refractivity contribution in [2.75, 3.05) is 19.6 Å². The molecule has 2 aliphatic rings. The Kier molecular flexibility index (Phi) is 2.96. The van der Waals surface area contributed by atoms with Crippen LogP contribution in [-0.4, -0.2) is 45.4 Å². The zero-order valence-electron chi connectivity index (χ0n) is 12.1. The first-order valence-corrected chi connectivity index (χ1v) is 7.74. The molecule has 2 aromatic rings. The Labute approximate surface area is 124 Å². The smallest absolute Gasteiger partial charge is 0.271 e. The summed E-state index contributed by atoms with van der Waals surface area (Å²) >= 11 is 0. The van der Waals surface area contributed by atoms with Gasteiger partial charge < -0.3 is 9.72 Å². The van der Waals surface area contributed by atoms with Crippen molar-refractivity contribution in [3.8, 4) is 0 Å². The van der Waals surface area contributed by atoms with Crippen LogP contribution in [0.2, 0.25) is 0 Å². The minimum absolute atomic E-state index is 0.0631. The molecule has 1 N–H and O–H groups in total. The third kappa shape index (κ3) is 2.12. The van der Waals surface area contributed by atoms with E-state index in [0.29, 0.717) is 5.69 Å². The van der Waals surface area contributed by atoms with Crippen LogP contribution in [0.1, 0.15) is 36.2 Å². The van der Waals surface area contributed by atoms with Gasteiger partial charge in [0.15, 0.2) is 0 Å². The number of fused-ring (bicyclic) bond motifs is 2. The molecule has 2 saturated heterocycles. The molecule has 0 bridgehead atoms. The Bertz CT molecular complexity index is 635. The second-order valence-corrected chi connectivity index (χ2v) is 6.19. The number of aromatic nitrogens is 2. The number of amides is 1. The molecule has 4 heterocycles. The van der Waals surface area contributed by atoms with Crippen LogP contribution in [0.15, 0.2) is 30.6 Å². The van der Waals surface area contributed by atoms with Gasteiger partial charge in [0.2, 0.25) is 0 Å². The van der Waals surface area contributed by atoms with Gasteiger partial charge in [-0.05, 0) is 50.9 Å². The number of rotatable bonds is 3. The Hall–Kier alpha value is -1.88. The van der Waals surface area contributed by atoms with E-state index in [1.807, 2.05) is 28.8 Å². The topological polar surface area (TPSA) is 49.6 Å². The minimum Gasteiger partial charge on any atom is -0.349 e. The summed E-state index contributed by atoms with van der Waals surface area (Å²) in [5.41, 5.74) is 1.53. The Balaban J connectivity index is 1.48. The lowest BCUT2D eigenvalue weighted by Gasteiger charge is -2.32. The standard InChI is InChI=1S/C16H20N4O/c21-15(13-11-19-8-2-1-5-14(19)18-13)17-12-16-6-3-9-20(16)10-4-7-16/h1-2,5,8,11H,3-4,6-7,9-10,12H2,(H,17,21). The Morgan fingerprint density at radius 1 is 1.29 bits per heavy atom. The highest BCUT2D eigenvalue weighted by Crippen LogP contribution is 2.38. The van der Waals surface area contributed by atoms with E-state index < -0.39 is 0 Å². The third-order valence-electron chi connectivity index (χ3n) is 4.99. The van der Waals surface area contributed by atoms with Crippen LogP contribution in [0.4, 0.5) is 0 Å². The average molecular weight is 284 g/mol. The van der Waals surface area contributed by atoms with Gasteiger partial charge in [-0.3, -0.25) is 9.69 Å². The first-order valence-electron chi connectivity index (χ1n) is 7.74. The number of hydrogen-bond donors (Lipinski definition) is 1. The summed E-state index contributed by atoms with van der Waals surface area (Å²) in [7, 11) is 0. The van der Waals surface area contributed by atoms with E-state index in [0.717, 1.165) is 12.2 Å². The summed E-state index contributed by atoms with van der Waals surface area (Å²) < 4.78 is 1.88. The molecule has 2 aromatic heterocycles. The third-order valence-corrected chi connectivity index (χ3v) is 4.99. The summed E-state index contributed by atoms with van der Waals surface area (Å²) in [5.74, 6) is -0.0631. The normalized spacial score (nSPS) is 20.8. The molecule has 0 radical (unpaired) electrons. The van der Waals surface area contributed by atoms with Crippen LogP contribution in [0.25, 0.3) is 5.65 Å². The predicted molar refractivity (Wildman–Crippen MR) is 80.3 cm³/mol. The Morgan fingerprint density at radius 3 is 2.86 bits per heavy atom. The highest BCUT2D eigenvalue weighted by atomic mass is 16.1. The Morgan fingerprint density at radius 2 is 2.10 bits per heavy atom. The highest BCUT2D eigenvalue weighted by molar-refractivity contribution is 5.92. The van der Waals surface area contributed by atoms with E-state index in [4.69, 9.17) is 0 Å². The number of pyridine rings is 1. The maximum atomic E-state index is 12.4. The number of nitrogens with one attached hydrogen (secondary N) is 1. The fraction of sp³-hybridized carbons (Fsp3) is 0.500. The molecule has 0 spiro atoms. The average Bonchev–Trinajstić information content (AvgIpc) is 3.17. The molecule has 0 aliphatic carbocycles. The van der Waals surface area contributed by atoms with Crippen molar-refractivity contribution < 1.29 is 4.79 Å². The fourth-order valence-electron chi connectivity index (χ4n) is 3.89. The molecular formula is C16H20N4O. The van der Waals surface area contributed by atoms with Gasteiger partial charge in [0, 0.05) is 24.5 Å². The van der Waals surface area contributed by atoms with E-state index >= 15 is 0 Å². The minimum atomic E-state index is -0.0631. The lowest BCUT2D eigenvalue weighted by molar-refractivity contribution is 0.0915. The molecule has 110 valence electrons. The van der Waals surface area contributed by atoms with Gasteiger partial charge >= 0.3 is 0 Å². The summed E-state index contributed by atoms with van der Waals surface area (Å²) in [6.45, 7) is 3.12. The molecule has 21 heavy (non-hydrogen) atoms. The molecule has 0 unspecified atom stereocenters. The quantitative estimate of drug-likeness (QED) is 0.933. The second-order valence-electron chi connectivity index (χ2n) is 6.19. The summed E-state index contributed by atoms with van der Waals surface area (Å²) in [6, 6.07) is 5.77. The van der Waals surface area contributed by atoms with Crippen molar-refractivity contribution >= 4 is 11.6 Å². The monoisotopic (exact) mass is 284 g/mol. The lowest BCUT2D eigenvalue weighted by atomic mass is 9.94. The molecular weight excluding hydrogens is 264 g/mol. The maximum absolute atomic E-state index is 12.4. The van der Waals surface area contributed by atoms with E-state index in [1.54, 1.807) is 6.20 Å². The molecule has 5 nitrogen and oxygen atoms in total. The van der Waals surface area contributed by atoms with Crippen LogP contribution in [0, 0.1) is 0 Å². The first-order chi connectivity index (χ1) is 10.3. The van der Waals surface area contributed by atoms with Gasteiger partial charge in [0.1, 0.15) is 11.3 Å². The van der Waals surface area contributed by atoms with Gasteiger partial charge in [-0.25, -0.2) is 4.98 Å². The first kappa shape index (κ1) is 12.8. The summed E-state index contributed by atoms with van der Waals surface area (Å²) in [4.78, 5) is 19.3. The van der Waals surface area contributed by atoms with E-state index in [9.17, 15) is 4.79 Å². The number of imidazole rings is 1. The van der Waals surface area contributed by atoms with Crippen LogP contribution < -0.4 is 5.32 Å².